The second kappa shape index (κ2) is 5.89. The molecule has 0 aliphatic heterocycles. The lowest BCUT2D eigenvalue weighted by Gasteiger charge is -2.25. The molecule has 1 aliphatic carbocycles. The fourth-order valence-electron chi connectivity index (χ4n) is 3.14. The molecule has 1 heterocycles. The van der Waals surface area contributed by atoms with Gasteiger partial charge in [0.25, 0.3) is 0 Å². The van der Waals surface area contributed by atoms with Gasteiger partial charge in [-0.05, 0) is 38.7 Å². The van der Waals surface area contributed by atoms with Crippen LogP contribution in [0, 0.1) is 5.41 Å². The molecular weight excluding hydrogens is 236 g/mol. The minimum atomic E-state index is -0.0415. The Morgan fingerprint density at radius 1 is 1.42 bits per heavy atom. The van der Waals surface area contributed by atoms with Gasteiger partial charge in [-0.1, -0.05) is 26.7 Å². The summed E-state index contributed by atoms with van der Waals surface area (Å²) in [5, 5.41) is 4.55. The highest BCUT2D eigenvalue weighted by atomic mass is 16.1. The highest BCUT2D eigenvalue weighted by Gasteiger charge is 2.38. The van der Waals surface area contributed by atoms with Gasteiger partial charge in [0.1, 0.15) is 5.78 Å². The summed E-state index contributed by atoms with van der Waals surface area (Å²) >= 11 is 0. The summed E-state index contributed by atoms with van der Waals surface area (Å²) in [4.78, 5) is 12.6. The van der Waals surface area contributed by atoms with E-state index in [-0.39, 0.29) is 5.41 Å². The Morgan fingerprint density at radius 3 is 2.68 bits per heavy atom. The third kappa shape index (κ3) is 2.90. The number of nitrogens with zero attached hydrogens (tertiary/aromatic N) is 2. The topological polar surface area (TPSA) is 34.9 Å². The Kier molecular flexibility index (Phi) is 4.43. The van der Waals surface area contributed by atoms with Crippen LogP contribution in [0.4, 0.5) is 0 Å². The third-order valence-corrected chi connectivity index (χ3v) is 4.88. The van der Waals surface area contributed by atoms with Gasteiger partial charge >= 0.3 is 0 Å². The van der Waals surface area contributed by atoms with Gasteiger partial charge in [-0.25, -0.2) is 0 Å². The molecular formula is C16H26N2O. The lowest BCUT2D eigenvalue weighted by atomic mass is 9.77. The van der Waals surface area contributed by atoms with Crippen molar-refractivity contribution in [2.75, 3.05) is 0 Å². The number of rotatable bonds is 6. The predicted molar refractivity (Wildman–Crippen MR) is 77.1 cm³/mol. The van der Waals surface area contributed by atoms with Crippen molar-refractivity contribution in [3.63, 3.8) is 0 Å². The second-order valence-electron chi connectivity index (χ2n) is 5.99. The molecule has 1 aromatic rings. The fourth-order valence-corrected chi connectivity index (χ4v) is 3.14. The summed E-state index contributed by atoms with van der Waals surface area (Å²) in [5.41, 5.74) is 0.894. The fraction of sp³-hybridized carbons (Fsp3) is 0.750. The molecule has 0 radical (unpaired) electrons. The molecule has 1 fully saturated rings. The number of hydrogen-bond acceptors (Lipinski definition) is 2. The molecule has 1 saturated carbocycles. The largest absolute Gasteiger partial charge is 0.299 e. The number of Topliss-reactive ketones (excluding diaryl/α,β-unsaturated/α-hetero) is 1. The number of hydrogen-bond donors (Lipinski definition) is 0. The van der Waals surface area contributed by atoms with Crippen molar-refractivity contribution in [1.29, 1.82) is 0 Å². The molecule has 3 heteroatoms. The van der Waals surface area contributed by atoms with Gasteiger partial charge in [0.2, 0.25) is 0 Å². The zero-order valence-corrected chi connectivity index (χ0v) is 12.5. The van der Waals surface area contributed by atoms with Crippen LogP contribution in [-0.2, 0) is 11.2 Å². The van der Waals surface area contributed by atoms with E-state index < -0.39 is 0 Å². The summed E-state index contributed by atoms with van der Waals surface area (Å²) in [6.07, 6.45) is 9.14. The summed E-state index contributed by atoms with van der Waals surface area (Å²) in [6.45, 7) is 6.46. The second-order valence-corrected chi connectivity index (χ2v) is 5.99. The molecule has 0 bridgehead atoms. The van der Waals surface area contributed by atoms with Crippen molar-refractivity contribution in [2.24, 2.45) is 5.41 Å². The van der Waals surface area contributed by atoms with E-state index in [1.165, 1.54) is 12.8 Å². The zero-order valence-electron chi connectivity index (χ0n) is 12.5. The highest BCUT2D eigenvalue weighted by molar-refractivity contribution is 5.86. The van der Waals surface area contributed by atoms with Crippen molar-refractivity contribution >= 4 is 5.78 Å². The molecule has 19 heavy (non-hydrogen) atoms. The Balaban J connectivity index is 2.04. The van der Waals surface area contributed by atoms with Crippen LogP contribution in [0.3, 0.4) is 0 Å². The van der Waals surface area contributed by atoms with Crippen molar-refractivity contribution in [2.45, 2.75) is 71.8 Å². The third-order valence-electron chi connectivity index (χ3n) is 4.88. The van der Waals surface area contributed by atoms with Gasteiger partial charge in [0.15, 0.2) is 0 Å². The monoisotopic (exact) mass is 262 g/mol. The molecule has 0 N–H and O–H groups in total. The molecule has 0 saturated heterocycles. The van der Waals surface area contributed by atoms with Gasteiger partial charge in [-0.2, -0.15) is 5.10 Å². The molecule has 0 amide bonds. The van der Waals surface area contributed by atoms with Crippen LogP contribution in [0.25, 0.3) is 0 Å². The SMILES string of the molecule is CCC(C)n1ccc(CC(=O)C2(CC)CCCC2)n1. The summed E-state index contributed by atoms with van der Waals surface area (Å²) in [7, 11) is 0. The van der Waals surface area contributed by atoms with Crippen LogP contribution < -0.4 is 0 Å². The van der Waals surface area contributed by atoms with E-state index >= 15 is 0 Å². The minimum absolute atomic E-state index is 0.0415. The Labute approximate surface area is 116 Å². The van der Waals surface area contributed by atoms with E-state index in [9.17, 15) is 4.79 Å². The number of ketones is 1. The first-order valence-corrected chi connectivity index (χ1v) is 7.68. The van der Waals surface area contributed by atoms with E-state index in [2.05, 4.69) is 25.9 Å². The first kappa shape index (κ1) is 14.3. The molecule has 1 unspecified atom stereocenters. The first-order valence-electron chi connectivity index (χ1n) is 7.68. The van der Waals surface area contributed by atoms with Crippen molar-refractivity contribution in [3.05, 3.63) is 18.0 Å². The van der Waals surface area contributed by atoms with Gasteiger partial charge in [-0.3, -0.25) is 9.48 Å². The van der Waals surface area contributed by atoms with Crippen molar-refractivity contribution < 1.29 is 4.79 Å². The van der Waals surface area contributed by atoms with Crippen LogP contribution in [0.2, 0.25) is 0 Å². The lowest BCUT2D eigenvalue weighted by Crippen LogP contribution is -2.29. The van der Waals surface area contributed by atoms with E-state index in [1.54, 1.807) is 0 Å². The molecule has 1 aliphatic rings. The zero-order chi connectivity index (χ0) is 13.9. The Bertz CT molecular complexity index is 430. The lowest BCUT2D eigenvalue weighted by molar-refractivity contribution is -0.128. The maximum Gasteiger partial charge on any atom is 0.145 e. The van der Waals surface area contributed by atoms with Crippen molar-refractivity contribution in [1.82, 2.24) is 9.78 Å². The Hall–Kier alpha value is -1.12. The van der Waals surface area contributed by atoms with E-state index in [0.717, 1.165) is 31.4 Å². The number of aromatic nitrogens is 2. The maximum absolute atomic E-state index is 12.6. The van der Waals surface area contributed by atoms with E-state index in [0.29, 0.717) is 18.2 Å². The van der Waals surface area contributed by atoms with Crippen LogP contribution >= 0.6 is 0 Å². The molecule has 106 valence electrons. The molecule has 0 spiro atoms. The van der Waals surface area contributed by atoms with Gasteiger partial charge in [0.05, 0.1) is 12.1 Å². The van der Waals surface area contributed by atoms with Crippen LogP contribution in [0.5, 0.6) is 0 Å². The van der Waals surface area contributed by atoms with E-state index in [1.807, 2.05) is 16.9 Å². The molecule has 0 aromatic carbocycles. The van der Waals surface area contributed by atoms with E-state index in [4.69, 9.17) is 0 Å². The van der Waals surface area contributed by atoms with Gasteiger partial charge < -0.3 is 0 Å². The normalized spacial score (nSPS) is 19.5. The first-order chi connectivity index (χ1) is 9.11. The summed E-state index contributed by atoms with van der Waals surface area (Å²) in [5.74, 6) is 0.405. The predicted octanol–water partition coefficient (Wildman–Crippen LogP) is 3.94. The molecule has 1 atom stereocenters. The highest BCUT2D eigenvalue weighted by Crippen LogP contribution is 2.42. The standard InChI is InChI=1S/C16H26N2O/c1-4-13(3)18-11-8-14(17-18)12-15(19)16(5-2)9-6-7-10-16/h8,11,13H,4-7,9-10,12H2,1-3H3. The average Bonchev–Trinajstić information content (AvgIpc) is 3.07. The molecule has 1 aromatic heterocycles. The number of carbonyl (C=O) groups is 1. The van der Waals surface area contributed by atoms with Crippen molar-refractivity contribution in [3.8, 4) is 0 Å². The van der Waals surface area contributed by atoms with Crippen LogP contribution in [0.15, 0.2) is 12.3 Å². The average molecular weight is 262 g/mol. The summed E-state index contributed by atoms with van der Waals surface area (Å²) < 4.78 is 1.98. The van der Waals surface area contributed by atoms with Gasteiger partial charge in [-0.15, -0.1) is 0 Å². The van der Waals surface area contributed by atoms with Crippen LogP contribution in [-0.4, -0.2) is 15.6 Å². The minimum Gasteiger partial charge on any atom is -0.299 e. The smallest absolute Gasteiger partial charge is 0.145 e. The quantitative estimate of drug-likeness (QED) is 0.778. The van der Waals surface area contributed by atoms with Crippen LogP contribution in [0.1, 0.15) is 71.0 Å². The molecule has 3 nitrogen and oxygen atoms in total. The maximum atomic E-state index is 12.6. The molecule has 2 rings (SSSR count). The Morgan fingerprint density at radius 2 is 2.11 bits per heavy atom. The summed E-state index contributed by atoms with van der Waals surface area (Å²) in [6, 6.07) is 2.41. The van der Waals surface area contributed by atoms with Gasteiger partial charge in [0, 0.05) is 17.7 Å². The number of carbonyl (C=O) groups excluding carboxylic acids is 1.